The van der Waals surface area contributed by atoms with Crippen LogP contribution in [0.3, 0.4) is 0 Å². The Morgan fingerprint density at radius 2 is 1.97 bits per heavy atom. The highest BCUT2D eigenvalue weighted by Gasteiger charge is 2.32. The van der Waals surface area contributed by atoms with Crippen LogP contribution in [0.4, 0.5) is 24.5 Å². The first kappa shape index (κ1) is 22.0. The van der Waals surface area contributed by atoms with Gasteiger partial charge in [-0.15, -0.1) is 11.3 Å². The molecule has 0 saturated carbocycles. The molecule has 2 aromatic rings. The number of carbonyl (C=O) groups excluding carboxylic acids is 2. The lowest BCUT2D eigenvalue weighted by molar-refractivity contribution is -0.137. The van der Waals surface area contributed by atoms with E-state index in [0.717, 1.165) is 23.5 Å². The molecule has 30 heavy (non-hydrogen) atoms. The molecule has 0 radical (unpaired) electrons. The van der Waals surface area contributed by atoms with Crippen molar-refractivity contribution in [3.8, 4) is 0 Å². The van der Waals surface area contributed by atoms with Gasteiger partial charge in [-0.25, -0.2) is 9.78 Å². The van der Waals surface area contributed by atoms with Gasteiger partial charge in [0.1, 0.15) is 4.88 Å². The predicted molar refractivity (Wildman–Crippen MR) is 105 cm³/mol. The van der Waals surface area contributed by atoms with Crippen molar-refractivity contribution in [1.82, 2.24) is 4.98 Å². The maximum atomic E-state index is 13.1. The van der Waals surface area contributed by atoms with Crippen molar-refractivity contribution < 1.29 is 32.2 Å². The van der Waals surface area contributed by atoms with Gasteiger partial charge in [0.15, 0.2) is 6.61 Å². The fourth-order valence-corrected chi connectivity index (χ4v) is 3.81. The Balaban J connectivity index is 1.73. The Labute approximate surface area is 174 Å². The summed E-state index contributed by atoms with van der Waals surface area (Å²) in [6.07, 6.45) is -4.56. The first-order valence-electron chi connectivity index (χ1n) is 9.10. The molecule has 162 valence electrons. The monoisotopic (exact) mass is 443 g/mol. The molecule has 1 fully saturated rings. The van der Waals surface area contributed by atoms with Crippen LogP contribution >= 0.6 is 11.3 Å². The van der Waals surface area contributed by atoms with Crippen LogP contribution in [0.2, 0.25) is 0 Å². The van der Waals surface area contributed by atoms with Crippen LogP contribution in [0.1, 0.15) is 25.9 Å². The quantitative estimate of drug-likeness (QED) is 0.714. The molecule has 1 aromatic carbocycles. The molecule has 0 unspecified atom stereocenters. The Kier molecular flexibility index (Phi) is 6.61. The number of ether oxygens (including phenoxy) is 2. The number of aryl methyl sites for hydroxylation is 2. The van der Waals surface area contributed by atoms with Crippen LogP contribution < -0.4 is 10.2 Å². The van der Waals surface area contributed by atoms with Crippen molar-refractivity contribution in [2.24, 2.45) is 0 Å². The number of amides is 1. The number of nitrogens with one attached hydrogen (secondary N) is 1. The second-order valence-corrected chi connectivity index (χ2v) is 7.80. The summed E-state index contributed by atoms with van der Waals surface area (Å²) in [6.45, 7) is 4.58. The average molecular weight is 443 g/mol. The average Bonchev–Trinajstić information content (AvgIpc) is 3.04. The first-order chi connectivity index (χ1) is 14.1. The van der Waals surface area contributed by atoms with Gasteiger partial charge in [-0.05, 0) is 32.0 Å². The van der Waals surface area contributed by atoms with Crippen molar-refractivity contribution in [2.75, 3.05) is 43.1 Å². The second kappa shape index (κ2) is 9.00. The summed E-state index contributed by atoms with van der Waals surface area (Å²) >= 11 is 1.14. The van der Waals surface area contributed by atoms with Gasteiger partial charge in [0.25, 0.3) is 5.91 Å². The Bertz CT molecular complexity index is 940. The molecule has 1 saturated heterocycles. The number of rotatable bonds is 5. The third-order valence-corrected chi connectivity index (χ3v) is 5.43. The third-order valence-electron chi connectivity index (χ3n) is 4.37. The highest BCUT2D eigenvalue weighted by Crippen LogP contribution is 2.35. The molecular weight excluding hydrogens is 423 g/mol. The van der Waals surface area contributed by atoms with Crippen LogP contribution in [0.15, 0.2) is 18.2 Å². The molecule has 0 spiro atoms. The van der Waals surface area contributed by atoms with E-state index in [2.05, 4.69) is 10.3 Å². The van der Waals surface area contributed by atoms with Gasteiger partial charge in [0.2, 0.25) is 0 Å². The molecule has 0 atom stereocenters. The van der Waals surface area contributed by atoms with E-state index in [4.69, 9.17) is 9.47 Å². The zero-order chi connectivity index (χ0) is 21.9. The van der Waals surface area contributed by atoms with E-state index >= 15 is 0 Å². The summed E-state index contributed by atoms with van der Waals surface area (Å²) in [5, 5.41) is 3.12. The topological polar surface area (TPSA) is 80.8 Å². The lowest BCUT2D eigenvalue weighted by Gasteiger charge is -2.31. The number of thiazole rings is 1. The van der Waals surface area contributed by atoms with Crippen molar-refractivity contribution >= 4 is 34.6 Å². The van der Waals surface area contributed by atoms with Gasteiger partial charge < -0.3 is 19.7 Å². The number of carbonyl (C=O) groups is 2. The van der Waals surface area contributed by atoms with Crippen LogP contribution in [0, 0.1) is 13.8 Å². The largest absolute Gasteiger partial charge is 0.451 e. The fraction of sp³-hybridized carbons (Fsp3) is 0.421. The molecular formula is C19H20F3N3O4S. The first-order valence-corrected chi connectivity index (χ1v) is 9.91. The van der Waals surface area contributed by atoms with Gasteiger partial charge in [0, 0.05) is 13.1 Å². The van der Waals surface area contributed by atoms with Crippen molar-refractivity contribution in [3.63, 3.8) is 0 Å². The molecule has 11 heteroatoms. The third kappa shape index (κ3) is 5.28. The zero-order valence-corrected chi connectivity index (χ0v) is 17.2. The van der Waals surface area contributed by atoms with Gasteiger partial charge in [-0.3, -0.25) is 4.79 Å². The fourth-order valence-electron chi connectivity index (χ4n) is 3.00. The van der Waals surface area contributed by atoms with E-state index in [0.29, 0.717) is 42.7 Å². The second-order valence-electron chi connectivity index (χ2n) is 6.60. The highest BCUT2D eigenvalue weighted by atomic mass is 32.1. The molecule has 0 bridgehead atoms. The van der Waals surface area contributed by atoms with E-state index in [9.17, 15) is 22.8 Å². The molecule has 0 aliphatic carbocycles. The van der Waals surface area contributed by atoms with Crippen molar-refractivity contribution in [2.45, 2.75) is 20.0 Å². The number of halogens is 3. The summed E-state index contributed by atoms with van der Waals surface area (Å²) in [6, 6.07) is 3.16. The Morgan fingerprint density at radius 3 is 2.57 bits per heavy atom. The van der Waals surface area contributed by atoms with E-state index in [1.807, 2.05) is 4.90 Å². The lowest BCUT2D eigenvalue weighted by Crippen LogP contribution is -2.37. The number of nitrogens with zero attached hydrogens (tertiary/aromatic N) is 2. The van der Waals surface area contributed by atoms with Crippen molar-refractivity contribution in [1.29, 1.82) is 0 Å². The number of hydrogen-bond acceptors (Lipinski definition) is 7. The Morgan fingerprint density at radius 1 is 1.27 bits per heavy atom. The number of morpholine rings is 1. The number of hydrogen-bond donors (Lipinski definition) is 1. The molecule has 1 N–H and O–H groups in total. The lowest BCUT2D eigenvalue weighted by atomic mass is 10.1. The predicted octanol–water partition coefficient (Wildman–Crippen LogP) is 3.41. The highest BCUT2D eigenvalue weighted by molar-refractivity contribution is 7.13. The summed E-state index contributed by atoms with van der Waals surface area (Å²) in [4.78, 5) is 30.7. The maximum Gasteiger partial charge on any atom is 0.416 e. The minimum absolute atomic E-state index is 0.00223. The number of alkyl halides is 3. The van der Waals surface area contributed by atoms with Crippen LogP contribution in [-0.2, 0) is 20.4 Å². The summed E-state index contributed by atoms with van der Waals surface area (Å²) in [5.41, 5.74) is 0.0513. The summed E-state index contributed by atoms with van der Waals surface area (Å²) in [5.74, 6) is -1.44. The van der Waals surface area contributed by atoms with Gasteiger partial charge in [0.05, 0.1) is 40.9 Å². The molecule has 1 aliphatic heterocycles. The number of anilines is 2. The minimum atomic E-state index is -4.56. The van der Waals surface area contributed by atoms with E-state index in [1.54, 1.807) is 13.8 Å². The number of esters is 1. The smallest absolute Gasteiger partial charge is 0.416 e. The normalized spacial score (nSPS) is 14.5. The molecule has 3 rings (SSSR count). The van der Waals surface area contributed by atoms with Gasteiger partial charge in [-0.1, -0.05) is 0 Å². The van der Waals surface area contributed by atoms with Crippen molar-refractivity contribution in [3.05, 3.63) is 39.3 Å². The van der Waals surface area contributed by atoms with E-state index < -0.39 is 30.2 Å². The molecule has 1 amide bonds. The zero-order valence-electron chi connectivity index (χ0n) is 16.3. The molecule has 1 aliphatic rings. The SMILES string of the molecule is Cc1nc(C)c(C(=O)OCC(=O)Nc2cc(C(F)(F)F)ccc2N2CCOCC2)s1. The molecule has 7 nitrogen and oxygen atoms in total. The molecule has 2 heterocycles. The Hall–Kier alpha value is -2.66. The summed E-state index contributed by atoms with van der Waals surface area (Å²) in [7, 11) is 0. The minimum Gasteiger partial charge on any atom is -0.451 e. The van der Waals surface area contributed by atoms with E-state index in [1.165, 1.54) is 6.07 Å². The standard InChI is InChI=1S/C19H20F3N3O4S/c1-11-17(30-12(2)23-11)18(27)29-10-16(26)24-14-9-13(19(20,21)22)3-4-15(14)25-5-7-28-8-6-25/h3-4,9H,5-8,10H2,1-2H3,(H,24,26). The van der Waals surface area contributed by atoms with Crippen LogP contribution in [-0.4, -0.2) is 49.8 Å². The molecule has 1 aromatic heterocycles. The van der Waals surface area contributed by atoms with E-state index in [-0.39, 0.29) is 10.6 Å². The van der Waals surface area contributed by atoms with Crippen LogP contribution in [0.25, 0.3) is 0 Å². The maximum absolute atomic E-state index is 13.1. The van der Waals surface area contributed by atoms with Gasteiger partial charge >= 0.3 is 12.1 Å². The number of aromatic nitrogens is 1. The number of benzene rings is 1. The van der Waals surface area contributed by atoms with Gasteiger partial charge in [-0.2, -0.15) is 13.2 Å². The summed E-state index contributed by atoms with van der Waals surface area (Å²) < 4.78 is 49.7. The van der Waals surface area contributed by atoms with Crippen LogP contribution in [0.5, 0.6) is 0 Å².